The first-order chi connectivity index (χ1) is 9.71. The molecule has 0 amide bonds. The fourth-order valence-electron chi connectivity index (χ4n) is 2.10. The smallest absolute Gasteiger partial charge is 0.313 e. The number of carboxylic acids is 1. The Balaban J connectivity index is 2.75. The summed E-state index contributed by atoms with van der Waals surface area (Å²) >= 11 is 2.12. The van der Waals surface area contributed by atoms with Gasteiger partial charge in [0.2, 0.25) is 0 Å². The van der Waals surface area contributed by atoms with Gasteiger partial charge in [-0.25, -0.2) is 0 Å². The van der Waals surface area contributed by atoms with E-state index >= 15 is 0 Å². The van der Waals surface area contributed by atoms with Crippen molar-refractivity contribution in [2.24, 2.45) is 0 Å². The summed E-state index contributed by atoms with van der Waals surface area (Å²) < 4.78 is 26.8. The number of rotatable bonds is 7. The van der Waals surface area contributed by atoms with Gasteiger partial charge in [-0.15, -0.1) is 6.42 Å². The van der Waals surface area contributed by atoms with Gasteiger partial charge in [0.05, 0.1) is 5.41 Å². The van der Waals surface area contributed by atoms with Gasteiger partial charge in [-0.1, -0.05) is 18.6 Å². The van der Waals surface area contributed by atoms with Crippen molar-refractivity contribution in [2.45, 2.75) is 43.9 Å². The molecule has 0 heterocycles. The summed E-state index contributed by atoms with van der Waals surface area (Å²) in [6.07, 6.45) is 5.20. The fourth-order valence-corrected chi connectivity index (χ4v) is 2.65. The van der Waals surface area contributed by atoms with E-state index in [-0.39, 0.29) is 6.42 Å². The van der Waals surface area contributed by atoms with Crippen LogP contribution in [0.25, 0.3) is 0 Å². The molecule has 5 heteroatoms. The van der Waals surface area contributed by atoms with E-state index in [0.717, 1.165) is 3.57 Å². The van der Waals surface area contributed by atoms with Crippen LogP contribution in [0, 0.1) is 15.9 Å². The molecule has 114 valence electrons. The van der Waals surface area contributed by atoms with Crippen LogP contribution in [0.2, 0.25) is 0 Å². The number of halogens is 3. The molecule has 0 aliphatic rings. The largest absolute Gasteiger partial charge is 0.481 e. The highest BCUT2D eigenvalue weighted by Crippen LogP contribution is 2.32. The summed E-state index contributed by atoms with van der Waals surface area (Å²) in [5.41, 5.74) is -0.391. The minimum Gasteiger partial charge on any atom is -0.481 e. The van der Waals surface area contributed by atoms with Crippen LogP contribution in [0.15, 0.2) is 24.3 Å². The Morgan fingerprint density at radius 3 is 2.52 bits per heavy atom. The number of hydrogen-bond acceptors (Lipinski definition) is 1. The zero-order valence-electron chi connectivity index (χ0n) is 11.7. The molecule has 0 spiro atoms. The molecular weight excluding hydrogens is 389 g/mol. The molecular formula is C16H17F2IO2. The van der Waals surface area contributed by atoms with E-state index < -0.39 is 23.7 Å². The molecule has 1 N–H and O–H groups in total. The van der Waals surface area contributed by atoms with Crippen LogP contribution in [0.5, 0.6) is 0 Å². The summed E-state index contributed by atoms with van der Waals surface area (Å²) in [5, 5.41) is 9.50. The Morgan fingerprint density at radius 2 is 2.00 bits per heavy atom. The normalized spacial score (nSPS) is 14.2. The van der Waals surface area contributed by atoms with E-state index in [0.29, 0.717) is 18.4 Å². The van der Waals surface area contributed by atoms with Crippen LogP contribution in [0.3, 0.4) is 0 Å². The number of carboxylic acid groups (broad SMARTS) is 1. The van der Waals surface area contributed by atoms with Crippen LogP contribution in [-0.4, -0.2) is 17.0 Å². The first-order valence-corrected chi connectivity index (χ1v) is 7.64. The van der Waals surface area contributed by atoms with Crippen molar-refractivity contribution in [3.05, 3.63) is 33.4 Å². The summed E-state index contributed by atoms with van der Waals surface area (Å²) in [5.74, 6) is -2.61. The number of alkyl halides is 2. The van der Waals surface area contributed by atoms with Gasteiger partial charge in [0.25, 0.3) is 0 Å². The lowest BCUT2D eigenvalue weighted by Crippen LogP contribution is -2.32. The molecule has 0 aliphatic heterocycles. The molecule has 0 aromatic heterocycles. The molecule has 1 aromatic carbocycles. The molecule has 0 saturated heterocycles. The van der Waals surface area contributed by atoms with E-state index in [9.17, 15) is 18.7 Å². The Labute approximate surface area is 137 Å². The van der Waals surface area contributed by atoms with Crippen molar-refractivity contribution in [1.29, 1.82) is 0 Å². The zero-order chi connectivity index (χ0) is 16.1. The highest BCUT2D eigenvalue weighted by molar-refractivity contribution is 14.1. The first kappa shape index (κ1) is 17.9. The van der Waals surface area contributed by atoms with E-state index in [4.69, 9.17) is 6.42 Å². The van der Waals surface area contributed by atoms with Gasteiger partial charge in [-0.05, 0) is 66.0 Å². The Kier molecular flexibility index (Phi) is 6.14. The van der Waals surface area contributed by atoms with Crippen LogP contribution in [0.1, 0.15) is 38.2 Å². The number of aliphatic carboxylic acids is 1. The second kappa shape index (κ2) is 7.21. The molecule has 0 bridgehead atoms. The average Bonchev–Trinajstić information content (AvgIpc) is 2.43. The highest BCUT2D eigenvalue weighted by Gasteiger charge is 2.35. The molecule has 1 atom stereocenters. The van der Waals surface area contributed by atoms with E-state index in [1.807, 2.05) is 12.1 Å². The summed E-state index contributed by atoms with van der Waals surface area (Å²) in [6, 6.07) is 7.24. The van der Waals surface area contributed by atoms with Gasteiger partial charge in [0.1, 0.15) is 0 Å². The topological polar surface area (TPSA) is 37.3 Å². The molecule has 21 heavy (non-hydrogen) atoms. The maximum Gasteiger partial charge on any atom is 0.313 e. The van der Waals surface area contributed by atoms with Crippen molar-refractivity contribution >= 4 is 28.6 Å². The van der Waals surface area contributed by atoms with Gasteiger partial charge in [-0.2, -0.15) is 8.78 Å². The van der Waals surface area contributed by atoms with Gasteiger partial charge >= 0.3 is 11.9 Å². The molecule has 0 aliphatic carbocycles. The molecule has 0 radical (unpaired) electrons. The van der Waals surface area contributed by atoms with Crippen LogP contribution in [-0.2, 0) is 10.2 Å². The second-order valence-electron chi connectivity index (χ2n) is 5.20. The quantitative estimate of drug-likeness (QED) is 0.413. The lowest BCUT2D eigenvalue weighted by molar-refractivity contribution is -0.143. The minimum atomic E-state index is -3.11. The van der Waals surface area contributed by atoms with Gasteiger partial charge < -0.3 is 5.11 Å². The van der Waals surface area contributed by atoms with Crippen molar-refractivity contribution in [2.75, 3.05) is 0 Å². The first-order valence-electron chi connectivity index (χ1n) is 6.56. The van der Waals surface area contributed by atoms with E-state index in [1.165, 1.54) is 5.92 Å². The summed E-state index contributed by atoms with van der Waals surface area (Å²) in [7, 11) is 0. The molecule has 0 fully saturated rings. The Morgan fingerprint density at radius 1 is 1.38 bits per heavy atom. The Hall–Kier alpha value is -1.16. The highest BCUT2D eigenvalue weighted by atomic mass is 127. The maximum absolute atomic E-state index is 13.0. The minimum absolute atomic E-state index is 0.198. The number of hydrogen-bond donors (Lipinski definition) is 1. The molecule has 0 saturated carbocycles. The lowest BCUT2D eigenvalue weighted by atomic mass is 9.78. The van der Waals surface area contributed by atoms with Gasteiger partial charge in [-0.3, -0.25) is 4.79 Å². The summed E-state index contributed by atoms with van der Waals surface area (Å²) in [6.45, 7) is 1.63. The molecule has 2 nitrogen and oxygen atoms in total. The van der Waals surface area contributed by atoms with E-state index in [2.05, 4.69) is 22.6 Å². The zero-order valence-corrected chi connectivity index (χ0v) is 13.9. The standard InChI is InChI=1S/C16H17F2IO2/c1-3-16(17,18)10-5-4-9-15(2,14(20)21)12-7-6-8-13(19)11-12/h1,6-8,11H,4-5,9-10H2,2H3,(H,20,21). The number of unbranched alkanes of at least 4 members (excludes halogenated alkanes) is 1. The third-order valence-corrected chi connectivity index (χ3v) is 4.23. The van der Waals surface area contributed by atoms with Crippen LogP contribution >= 0.6 is 22.6 Å². The predicted molar refractivity (Wildman–Crippen MR) is 86.4 cm³/mol. The van der Waals surface area contributed by atoms with Crippen molar-refractivity contribution in [3.63, 3.8) is 0 Å². The van der Waals surface area contributed by atoms with Crippen LogP contribution < -0.4 is 0 Å². The van der Waals surface area contributed by atoms with Crippen molar-refractivity contribution in [3.8, 4) is 12.3 Å². The molecule has 1 unspecified atom stereocenters. The van der Waals surface area contributed by atoms with Gasteiger partial charge in [0.15, 0.2) is 0 Å². The lowest BCUT2D eigenvalue weighted by Gasteiger charge is -2.26. The predicted octanol–water partition coefficient (Wildman–Crippen LogP) is 4.46. The Bertz CT molecular complexity index is 551. The van der Waals surface area contributed by atoms with E-state index in [1.54, 1.807) is 19.1 Å². The average molecular weight is 406 g/mol. The monoisotopic (exact) mass is 406 g/mol. The second-order valence-corrected chi connectivity index (χ2v) is 6.45. The maximum atomic E-state index is 13.0. The number of benzene rings is 1. The summed E-state index contributed by atoms with van der Waals surface area (Å²) in [4.78, 5) is 11.6. The van der Waals surface area contributed by atoms with Gasteiger partial charge in [0, 0.05) is 9.99 Å². The number of terminal acetylenes is 1. The third kappa shape index (κ3) is 4.95. The molecule has 1 rings (SSSR count). The van der Waals surface area contributed by atoms with Crippen LogP contribution in [0.4, 0.5) is 8.78 Å². The SMILES string of the molecule is C#CC(F)(F)CCCCC(C)(C(=O)O)c1cccc(I)c1. The van der Waals surface area contributed by atoms with Crippen molar-refractivity contribution < 1.29 is 18.7 Å². The third-order valence-electron chi connectivity index (χ3n) is 3.56. The fraction of sp³-hybridized carbons (Fsp3) is 0.438. The molecule has 1 aromatic rings. The van der Waals surface area contributed by atoms with Crippen molar-refractivity contribution in [1.82, 2.24) is 0 Å². The number of carbonyl (C=O) groups is 1.